The molecule has 1 aliphatic carbocycles. The van der Waals surface area contributed by atoms with E-state index in [0.717, 1.165) is 31.8 Å². The van der Waals surface area contributed by atoms with Crippen LogP contribution in [0.5, 0.6) is 0 Å². The summed E-state index contributed by atoms with van der Waals surface area (Å²) >= 11 is 0. The molecule has 2 N–H and O–H groups in total. The first-order chi connectivity index (χ1) is 9.14. The summed E-state index contributed by atoms with van der Waals surface area (Å²) in [5.41, 5.74) is -0.133. The fourth-order valence-corrected chi connectivity index (χ4v) is 3.57. The molecule has 3 heteroatoms. The lowest BCUT2D eigenvalue weighted by atomic mass is 9.79. The molecule has 2 fully saturated rings. The normalized spacial score (nSPS) is 30.8. The highest BCUT2D eigenvalue weighted by Gasteiger charge is 2.35. The first kappa shape index (κ1) is 14.8. The van der Waals surface area contributed by atoms with E-state index in [1.54, 1.807) is 0 Å². The molecule has 2 rings (SSSR count). The predicted octanol–water partition coefficient (Wildman–Crippen LogP) is 2.85. The van der Waals surface area contributed by atoms with E-state index in [4.69, 9.17) is 0 Å². The number of amides is 1. The van der Waals surface area contributed by atoms with Crippen LogP contribution in [0.2, 0.25) is 0 Å². The Morgan fingerprint density at radius 3 is 2.42 bits per heavy atom. The van der Waals surface area contributed by atoms with Crippen LogP contribution in [0.25, 0.3) is 0 Å². The van der Waals surface area contributed by atoms with Crippen LogP contribution in [0.4, 0.5) is 0 Å². The van der Waals surface area contributed by atoms with Gasteiger partial charge in [0.25, 0.3) is 0 Å². The second kappa shape index (κ2) is 6.74. The highest BCUT2D eigenvalue weighted by molar-refractivity contribution is 5.82. The van der Waals surface area contributed by atoms with Crippen LogP contribution in [0.15, 0.2) is 0 Å². The van der Waals surface area contributed by atoms with Crippen LogP contribution >= 0.6 is 0 Å². The number of carbonyl (C=O) groups excluding carboxylic acids is 1. The Morgan fingerprint density at radius 2 is 1.84 bits per heavy atom. The van der Waals surface area contributed by atoms with Gasteiger partial charge in [0, 0.05) is 11.5 Å². The largest absolute Gasteiger partial charge is 0.353 e. The van der Waals surface area contributed by atoms with E-state index in [-0.39, 0.29) is 5.41 Å². The molecule has 0 atom stereocenters. The third kappa shape index (κ3) is 3.95. The molecule has 2 aliphatic rings. The minimum absolute atomic E-state index is 0.133. The molecule has 3 nitrogen and oxygen atoms in total. The summed E-state index contributed by atoms with van der Waals surface area (Å²) in [6, 6.07) is 0.437. The van der Waals surface area contributed by atoms with Gasteiger partial charge >= 0.3 is 0 Å². The molecule has 1 heterocycles. The van der Waals surface area contributed by atoms with Gasteiger partial charge in [0.05, 0.1) is 0 Å². The minimum Gasteiger partial charge on any atom is -0.353 e. The minimum atomic E-state index is -0.133. The van der Waals surface area contributed by atoms with Gasteiger partial charge in [0.2, 0.25) is 5.91 Å². The summed E-state index contributed by atoms with van der Waals surface area (Å²) < 4.78 is 0. The first-order valence-electron chi connectivity index (χ1n) is 8.16. The number of rotatable bonds is 4. The monoisotopic (exact) mass is 266 g/mol. The zero-order valence-corrected chi connectivity index (χ0v) is 12.6. The molecule has 1 amide bonds. The van der Waals surface area contributed by atoms with Gasteiger partial charge in [0.1, 0.15) is 0 Å². The van der Waals surface area contributed by atoms with E-state index >= 15 is 0 Å². The van der Waals surface area contributed by atoms with E-state index in [1.807, 2.05) is 0 Å². The maximum absolute atomic E-state index is 12.5. The van der Waals surface area contributed by atoms with Crippen molar-refractivity contribution in [2.75, 3.05) is 13.1 Å². The number of nitrogens with one attached hydrogen (secondary N) is 2. The Labute approximate surface area is 117 Å². The van der Waals surface area contributed by atoms with Crippen LogP contribution in [0.1, 0.15) is 65.2 Å². The van der Waals surface area contributed by atoms with Crippen molar-refractivity contribution in [3.8, 4) is 0 Å². The number of carbonyl (C=O) groups is 1. The van der Waals surface area contributed by atoms with Crippen molar-refractivity contribution in [2.45, 2.75) is 71.3 Å². The molecule has 0 aromatic carbocycles. The SMILES string of the molecule is CCCC1CCC(NC(=O)C2(C)CCNCC2)CC1. The van der Waals surface area contributed by atoms with Gasteiger partial charge < -0.3 is 10.6 Å². The molecule has 1 saturated carbocycles. The van der Waals surface area contributed by atoms with Gasteiger partial charge in [-0.2, -0.15) is 0 Å². The lowest BCUT2D eigenvalue weighted by Crippen LogP contribution is -2.49. The molecule has 0 aromatic heterocycles. The Kier molecular flexibility index (Phi) is 5.26. The summed E-state index contributed by atoms with van der Waals surface area (Å²) in [4.78, 5) is 12.5. The maximum Gasteiger partial charge on any atom is 0.226 e. The average molecular weight is 266 g/mol. The van der Waals surface area contributed by atoms with E-state index in [2.05, 4.69) is 24.5 Å². The van der Waals surface area contributed by atoms with Crippen LogP contribution in [-0.4, -0.2) is 25.0 Å². The second-order valence-corrected chi connectivity index (χ2v) is 6.79. The third-order valence-corrected chi connectivity index (χ3v) is 5.13. The summed E-state index contributed by atoms with van der Waals surface area (Å²) in [7, 11) is 0. The van der Waals surface area contributed by atoms with E-state index < -0.39 is 0 Å². The van der Waals surface area contributed by atoms with Crippen molar-refractivity contribution in [1.29, 1.82) is 0 Å². The van der Waals surface area contributed by atoms with Gasteiger partial charge in [-0.1, -0.05) is 26.7 Å². The quantitative estimate of drug-likeness (QED) is 0.821. The van der Waals surface area contributed by atoms with E-state index in [9.17, 15) is 4.79 Å². The molecule has 19 heavy (non-hydrogen) atoms. The van der Waals surface area contributed by atoms with Gasteiger partial charge in [-0.25, -0.2) is 0 Å². The summed E-state index contributed by atoms with van der Waals surface area (Å²) in [6.45, 7) is 6.36. The van der Waals surface area contributed by atoms with Crippen molar-refractivity contribution in [1.82, 2.24) is 10.6 Å². The molecule has 0 unspecified atom stereocenters. The Hall–Kier alpha value is -0.570. The number of piperidine rings is 1. The predicted molar refractivity (Wildman–Crippen MR) is 79.0 cm³/mol. The maximum atomic E-state index is 12.5. The Bertz CT molecular complexity index is 289. The standard InChI is InChI=1S/C16H30N2O/c1-3-4-13-5-7-14(8-6-13)18-15(19)16(2)9-11-17-12-10-16/h13-14,17H,3-12H2,1-2H3,(H,18,19). The zero-order valence-electron chi connectivity index (χ0n) is 12.6. The molecule has 0 radical (unpaired) electrons. The fraction of sp³-hybridized carbons (Fsp3) is 0.938. The Morgan fingerprint density at radius 1 is 1.21 bits per heavy atom. The molecular weight excluding hydrogens is 236 g/mol. The van der Waals surface area contributed by atoms with Crippen LogP contribution < -0.4 is 10.6 Å². The molecule has 0 aromatic rings. The first-order valence-corrected chi connectivity index (χ1v) is 8.16. The van der Waals surface area contributed by atoms with Gasteiger partial charge in [0.15, 0.2) is 0 Å². The topological polar surface area (TPSA) is 41.1 Å². The van der Waals surface area contributed by atoms with Crippen molar-refractivity contribution >= 4 is 5.91 Å². The van der Waals surface area contributed by atoms with Crippen molar-refractivity contribution in [2.24, 2.45) is 11.3 Å². The van der Waals surface area contributed by atoms with Crippen LogP contribution in [0, 0.1) is 11.3 Å². The molecule has 0 bridgehead atoms. The highest BCUT2D eigenvalue weighted by Crippen LogP contribution is 2.31. The van der Waals surface area contributed by atoms with Crippen molar-refractivity contribution in [3.05, 3.63) is 0 Å². The summed E-state index contributed by atoms with van der Waals surface area (Å²) in [6.07, 6.45) is 9.59. The van der Waals surface area contributed by atoms with E-state index in [0.29, 0.717) is 11.9 Å². The summed E-state index contributed by atoms with van der Waals surface area (Å²) in [5.74, 6) is 1.21. The molecular formula is C16H30N2O. The van der Waals surface area contributed by atoms with Crippen LogP contribution in [-0.2, 0) is 4.79 Å². The van der Waals surface area contributed by atoms with Gasteiger partial charge in [-0.05, 0) is 57.5 Å². The molecule has 110 valence electrons. The van der Waals surface area contributed by atoms with Gasteiger partial charge in [-0.3, -0.25) is 4.79 Å². The molecule has 1 saturated heterocycles. The van der Waals surface area contributed by atoms with Gasteiger partial charge in [-0.15, -0.1) is 0 Å². The third-order valence-electron chi connectivity index (χ3n) is 5.13. The molecule has 0 spiro atoms. The average Bonchev–Trinajstić information content (AvgIpc) is 2.42. The lowest BCUT2D eigenvalue weighted by Gasteiger charge is -2.36. The number of hydrogen-bond donors (Lipinski definition) is 2. The molecule has 1 aliphatic heterocycles. The van der Waals surface area contributed by atoms with Crippen molar-refractivity contribution in [3.63, 3.8) is 0 Å². The highest BCUT2D eigenvalue weighted by atomic mass is 16.2. The second-order valence-electron chi connectivity index (χ2n) is 6.79. The van der Waals surface area contributed by atoms with Crippen molar-refractivity contribution < 1.29 is 4.79 Å². The van der Waals surface area contributed by atoms with E-state index in [1.165, 1.54) is 38.5 Å². The summed E-state index contributed by atoms with van der Waals surface area (Å²) in [5, 5.41) is 6.66. The number of hydrogen-bond acceptors (Lipinski definition) is 2. The lowest BCUT2D eigenvalue weighted by molar-refractivity contribution is -0.132. The smallest absolute Gasteiger partial charge is 0.226 e. The zero-order chi connectivity index (χ0) is 13.7. The fourth-order valence-electron chi connectivity index (χ4n) is 3.57. The Balaban J connectivity index is 1.77. The van der Waals surface area contributed by atoms with Crippen LogP contribution in [0.3, 0.4) is 0 Å².